The lowest BCUT2D eigenvalue weighted by Crippen LogP contribution is -2.28. The third-order valence-corrected chi connectivity index (χ3v) is 5.16. The summed E-state index contributed by atoms with van der Waals surface area (Å²) in [6, 6.07) is 12.2. The lowest BCUT2D eigenvalue weighted by atomic mass is 10.1. The van der Waals surface area contributed by atoms with E-state index in [9.17, 15) is 8.78 Å². The minimum Gasteiger partial charge on any atom is -0.485 e. The van der Waals surface area contributed by atoms with Gasteiger partial charge in [0.1, 0.15) is 35.1 Å². The first-order valence-electron chi connectivity index (χ1n) is 9.61. The van der Waals surface area contributed by atoms with Crippen molar-refractivity contribution in [2.75, 3.05) is 13.1 Å². The Labute approximate surface area is 189 Å². The first-order chi connectivity index (χ1) is 14.2. The second-order valence-corrected chi connectivity index (χ2v) is 7.12. The molecule has 3 aromatic heterocycles. The first kappa shape index (κ1) is 23.1. The number of nitrogens with zero attached hydrogens (tertiary/aromatic N) is 4. The van der Waals surface area contributed by atoms with Crippen molar-refractivity contribution in [3.05, 3.63) is 54.5 Å². The Morgan fingerprint density at radius 3 is 2.71 bits per heavy atom. The number of hydrogen-bond donors (Lipinski definition) is 1. The van der Waals surface area contributed by atoms with Crippen molar-refractivity contribution in [1.82, 2.24) is 24.9 Å². The highest BCUT2D eigenvalue weighted by Crippen LogP contribution is 2.29. The van der Waals surface area contributed by atoms with Gasteiger partial charge in [-0.3, -0.25) is 4.40 Å². The zero-order valence-electron chi connectivity index (χ0n) is 16.4. The molecule has 6 nitrogen and oxygen atoms in total. The fraction of sp³-hybridized carbons (Fsp3) is 0.286. The third kappa shape index (κ3) is 4.56. The van der Waals surface area contributed by atoms with Gasteiger partial charge in [-0.1, -0.05) is 18.2 Å². The minimum absolute atomic E-state index is 0. The molecular weight excluding hydrogens is 447 g/mol. The topological polar surface area (TPSA) is 64.3 Å². The highest BCUT2D eigenvalue weighted by molar-refractivity contribution is 5.86. The van der Waals surface area contributed by atoms with Gasteiger partial charge in [-0.15, -0.1) is 35.0 Å². The quantitative estimate of drug-likeness (QED) is 0.483. The number of benzene rings is 1. The second kappa shape index (κ2) is 9.72. The number of halogens is 4. The van der Waals surface area contributed by atoms with Crippen LogP contribution in [0.25, 0.3) is 28.1 Å². The number of pyridine rings is 2. The summed E-state index contributed by atoms with van der Waals surface area (Å²) in [5.41, 5.74) is 1.67. The molecule has 1 N–H and O–H groups in total. The molecule has 1 aliphatic rings. The van der Waals surface area contributed by atoms with Gasteiger partial charge >= 0.3 is 0 Å². The van der Waals surface area contributed by atoms with E-state index in [0.29, 0.717) is 54.4 Å². The minimum atomic E-state index is -1.04. The zero-order valence-corrected chi connectivity index (χ0v) is 18.0. The Kier molecular flexibility index (Phi) is 7.25. The SMILES string of the molecule is Cl.Cl.Fc1ccc2nnc(-c3ccc4cccc(O[C@H]5CCNCC[C@@H]5F)c4n3)n2c1. The average molecular weight is 468 g/mol. The molecule has 0 bridgehead atoms. The Bertz CT molecular complexity index is 1190. The van der Waals surface area contributed by atoms with Crippen molar-refractivity contribution in [3.63, 3.8) is 0 Å². The Balaban J connectivity index is 0.00000136. The van der Waals surface area contributed by atoms with Crippen LogP contribution in [0.1, 0.15) is 12.8 Å². The smallest absolute Gasteiger partial charge is 0.187 e. The lowest BCUT2D eigenvalue weighted by molar-refractivity contribution is 0.0983. The summed E-state index contributed by atoms with van der Waals surface area (Å²) in [6.07, 6.45) is 0.776. The Morgan fingerprint density at radius 1 is 1.00 bits per heavy atom. The number of fused-ring (bicyclic) bond motifs is 2. The molecule has 0 saturated carbocycles. The van der Waals surface area contributed by atoms with E-state index in [2.05, 4.69) is 15.5 Å². The zero-order chi connectivity index (χ0) is 19.8. The molecule has 1 aliphatic heterocycles. The standard InChI is InChI=1S/C21H19F2N5O.2ClH/c22-14-5-7-19-26-27-21(28(19)12-14)16-6-4-13-2-1-3-18(20(13)25-16)29-17-9-11-24-10-8-15(17)23;;/h1-7,12,15,17,24H,8-11H2;2*1H/t15-,17-;;/m0../s1. The number of ether oxygens (including phenoxy) is 1. The third-order valence-electron chi connectivity index (χ3n) is 5.16. The van der Waals surface area contributed by atoms with E-state index in [-0.39, 0.29) is 30.6 Å². The fourth-order valence-corrected chi connectivity index (χ4v) is 3.65. The van der Waals surface area contributed by atoms with Crippen molar-refractivity contribution in [2.24, 2.45) is 0 Å². The Morgan fingerprint density at radius 2 is 1.84 bits per heavy atom. The normalized spacial score (nSPS) is 18.8. The number of rotatable bonds is 3. The van der Waals surface area contributed by atoms with Crippen molar-refractivity contribution >= 4 is 41.4 Å². The molecule has 164 valence electrons. The number of hydrogen-bond acceptors (Lipinski definition) is 5. The van der Waals surface area contributed by atoms with E-state index in [1.165, 1.54) is 12.3 Å². The van der Waals surface area contributed by atoms with Crippen molar-refractivity contribution in [3.8, 4) is 17.3 Å². The van der Waals surface area contributed by atoms with E-state index >= 15 is 0 Å². The molecule has 1 fully saturated rings. The van der Waals surface area contributed by atoms with Crippen LogP contribution >= 0.6 is 24.8 Å². The largest absolute Gasteiger partial charge is 0.485 e. The van der Waals surface area contributed by atoms with E-state index in [1.54, 1.807) is 22.6 Å². The molecule has 0 radical (unpaired) electrons. The monoisotopic (exact) mass is 467 g/mol. The predicted molar refractivity (Wildman–Crippen MR) is 120 cm³/mol. The highest BCUT2D eigenvalue weighted by atomic mass is 35.5. The molecule has 4 heterocycles. The molecule has 0 aliphatic carbocycles. The van der Waals surface area contributed by atoms with Crippen molar-refractivity contribution in [2.45, 2.75) is 25.1 Å². The van der Waals surface area contributed by atoms with Crippen LogP contribution in [0.3, 0.4) is 0 Å². The van der Waals surface area contributed by atoms with Gasteiger partial charge in [0.15, 0.2) is 11.5 Å². The molecule has 4 aromatic rings. The second-order valence-electron chi connectivity index (χ2n) is 7.12. The molecule has 0 amide bonds. The van der Waals surface area contributed by atoms with Crippen LogP contribution in [-0.4, -0.2) is 44.9 Å². The maximum Gasteiger partial charge on any atom is 0.187 e. The van der Waals surface area contributed by atoms with Gasteiger partial charge in [0.25, 0.3) is 0 Å². The fourth-order valence-electron chi connectivity index (χ4n) is 3.65. The van der Waals surface area contributed by atoms with E-state index in [1.807, 2.05) is 18.2 Å². The van der Waals surface area contributed by atoms with Crippen LogP contribution in [0.4, 0.5) is 8.78 Å². The maximum atomic E-state index is 14.5. The molecule has 2 atom stereocenters. The van der Waals surface area contributed by atoms with Gasteiger partial charge in [-0.05, 0) is 50.2 Å². The van der Waals surface area contributed by atoms with Gasteiger partial charge in [-0.2, -0.15) is 0 Å². The first-order valence-corrected chi connectivity index (χ1v) is 9.61. The maximum absolute atomic E-state index is 14.5. The van der Waals surface area contributed by atoms with Crippen molar-refractivity contribution in [1.29, 1.82) is 0 Å². The molecule has 0 unspecified atom stereocenters. The van der Waals surface area contributed by atoms with Crippen LogP contribution in [0.5, 0.6) is 5.75 Å². The molecule has 1 saturated heterocycles. The summed E-state index contributed by atoms with van der Waals surface area (Å²) in [6.45, 7) is 1.36. The number of nitrogens with one attached hydrogen (secondary N) is 1. The number of alkyl halides is 1. The molecular formula is C21H21Cl2F2N5O. The average Bonchev–Trinajstić information content (AvgIpc) is 3.04. The van der Waals surface area contributed by atoms with Gasteiger partial charge in [-0.25, -0.2) is 13.8 Å². The molecule has 31 heavy (non-hydrogen) atoms. The summed E-state index contributed by atoms with van der Waals surface area (Å²) < 4.78 is 35.8. The summed E-state index contributed by atoms with van der Waals surface area (Å²) in [5, 5.41) is 12.3. The van der Waals surface area contributed by atoms with E-state index < -0.39 is 12.3 Å². The van der Waals surface area contributed by atoms with Crippen LogP contribution in [0.15, 0.2) is 48.7 Å². The number of para-hydroxylation sites is 1. The molecule has 5 rings (SSSR count). The van der Waals surface area contributed by atoms with E-state index in [4.69, 9.17) is 9.72 Å². The lowest BCUT2D eigenvalue weighted by Gasteiger charge is -2.21. The van der Waals surface area contributed by atoms with E-state index in [0.717, 1.165) is 5.39 Å². The summed E-state index contributed by atoms with van der Waals surface area (Å²) in [4.78, 5) is 4.70. The van der Waals surface area contributed by atoms with Crippen LogP contribution in [-0.2, 0) is 0 Å². The summed E-state index contributed by atoms with van der Waals surface area (Å²) in [7, 11) is 0. The van der Waals surface area contributed by atoms with Crippen LogP contribution < -0.4 is 10.1 Å². The molecule has 1 aromatic carbocycles. The van der Waals surface area contributed by atoms with Gasteiger partial charge < -0.3 is 10.1 Å². The van der Waals surface area contributed by atoms with Crippen LogP contribution in [0, 0.1) is 5.82 Å². The number of aromatic nitrogens is 4. The Hall–Kier alpha value is -2.55. The molecule has 10 heteroatoms. The highest BCUT2D eigenvalue weighted by Gasteiger charge is 2.25. The summed E-state index contributed by atoms with van der Waals surface area (Å²) >= 11 is 0. The summed E-state index contributed by atoms with van der Waals surface area (Å²) in [5.74, 6) is 0.566. The van der Waals surface area contributed by atoms with Crippen molar-refractivity contribution < 1.29 is 13.5 Å². The van der Waals surface area contributed by atoms with Gasteiger partial charge in [0.05, 0.1) is 0 Å². The van der Waals surface area contributed by atoms with Gasteiger partial charge in [0, 0.05) is 11.6 Å². The molecule has 0 spiro atoms. The van der Waals surface area contributed by atoms with Gasteiger partial charge in [0.2, 0.25) is 0 Å². The van der Waals surface area contributed by atoms with Crippen LogP contribution in [0.2, 0.25) is 0 Å². The predicted octanol–water partition coefficient (Wildman–Crippen LogP) is 4.40.